The second-order valence-corrected chi connectivity index (χ2v) is 22.4. The molecule has 6 aromatic rings. The average Bonchev–Trinajstić information content (AvgIpc) is 4.02. The SMILES string of the molecule is C[C@@H]1[C@@H]([Si](C)(C)F)[C@H](CCn2cc(C(CO)c3ccccc3)nn2)O[C@@]12C(=O)N(Cc1cccc(N3N=C(c4ccccc4)CCC3=O)c1)c1ccc(N3N=C(c4ccccc4)CCC3=O)cc12. The van der Waals surface area contributed by atoms with E-state index >= 15 is 8.90 Å². The molecule has 5 atom stereocenters. The van der Waals surface area contributed by atoms with Crippen LogP contribution in [0.5, 0.6) is 0 Å². The summed E-state index contributed by atoms with van der Waals surface area (Å²) in [6.07, 6.45) is 3.03. The Hall–Kier alpha value is -6.94. The van der Waals surface area contributed by atoms with E-state index in [1.54, 1.807) is 34.9 Å². The molecule has 13 nitrogen and oxygen atoms in total. The van der Waals surface area contributed by atoms with Crippen molar-refractivity contribution in [1.29, 1.82) is 0 Å². The number of hydrogen-bond donors (Lipinski definition) is 1. The number of hydrogen-bond acceptors (Lipinski definition) is 9. The third kappa shape index (κ3) is 8.28. The fourth-order valence-electron chi connectivity index (χ4n) is 10.6. The molecule has 0 radical (unpaired) electrons. The first-order valence-electron chi connectivity index (χ1n) is 23.3. The minimum absolute atomic E-state index is 0.119. The highest BCUT2D eigenvalue weighted by molar-refractivity contribution is 6.72. The van der Waals surface area contributed by atoms with E-state index in [4.69, 9.17) is 14.9 Å². The van der Waals surface area contributed by atoms with Gasteiger partial charge in [-0.05, 0) is 72.1 Å². The normalized spacial score (nSPS) is 22.2. The molecule has 346 valence electrons. The number of aromatic nitrogens is 3. The Kier molecular flexibility index (Phi) is 12.1. The van der Waals surface area contributed by atoms with Gasteiger partial charge in [0.05, 0.1) is 59.4 Å². The summed E-state index contributed by atoms with van der Waals surface area (Å²) in [6.45, 7) is 5.55. The lowest BCUT2D eigenvalue weighted by Gasteiger charge is -2.31. The molecule has 5 heterocycles. The van der Waals surface area contributed by atoms with E-state index in [0.29, 0.717) is 60.5 Å². The summed E-state index contributed by atoms with van der Waals surface area (Å²) >= 11 is 0. The van der Waals surface area contributed by atoms with Crippen LogP contribution in [-0.4, -0.2) is 70.4 Å². The second-order valence-electron chi connectivity index (χ2n) is 18.6. The van der Waals surface area contributed by atoms with Crippen molar-refractivity contribution in [2.75, 3.05) is 21.5 Å². The maximum Gasteiger partial charge on any atom is 0.264 e. The molecular formula is C53H53FN8O5Si. The monoisotopic (exact) mass is 928 g/mol. The second kappa shape index (κ2) is 18.3. The first-order chi connectivity index (χ1) is 32.9. The Morgan fingerprint density at radius 1 is 0.765 bits per heavy atom. The van der Waals surface area contributed by atoms with Gasteiger partial charge in [0.15, 0.2) is 5.60 Å². The molecule has 68 heavy (non-hydrogen) atoms. The number of aliphatic hydroxyl groups is 1. The van der Waals surface area contributed by atoms with Crippen molar-refractivity contribution in [3.05, 3.63) is 173 Å². The lowest BCUT2D eigenvalue weighted by molar-refractivity contribution is -0.146. The molecule has 0 aliphatic carbocycles. The van der Waals surface area contributed by atoms with Gasteiger partial charge in [0.2, 0.25) is 20.2 Å². The van der Waals surface area contributed by atoms with Gasteiger partial charge in [-0.2, -0.15) is 10.2 Å². The minimum atomic E-state index is -3.57. The Morgan fingerprint density at radius 2 is 1.37 bits per heavy atom. The highest BCUT2D eigenvalue weighted by atomic mass is 28.4. The van der Waals surface area contributed by atoms with Crippen LogP contribution in [0.1, 0.15) is 78.5 Å². The van der Waals surface area contributed by atoms with Crippen LogP contribution in [-0.2, 0) is 37.8 Å². The van der Waals surface area contributed by atoms with Crippen LogP contribution < -0.4 is 14.9 Å². The molecule has 1 unspecified atom stereocenters. The van der Waals surface area contributed by atoms with Crippen LogP contribution >= 0.6 is 0 Å². The summed E-state index contributed by atoms with van der Waals surface area (Å²) in [5.41, 5.74) is 5.69. The van der Waals surface area contributed by atoms with E-state index in [0.717, 1.165) is 33.7 Å². The average molecular weight is 929 g/mol. The van der Waals surface area contributed by atoms with Gasteiger partial charge in [0.1, 0.15) is 0 Å². The first kappa shape index (κ1) is 44.9. The predicted molar refractivity (Wildman–Crippen MR) is 262 cm³/mol. The van der Waals surface area contributed by atoms with Gasteiger partial charge in [0.25, 0.3) is 5.91 Å². The van der Waals surface area contributed by atoms with Gasteiger partial charge >= 0.3 is 0 Å². The summed E-state index contributed by atoms with van der Waals surface area (Å²) in [7, 11) is -3.57. The predicted octanol–water partition coefficient (Wildman–Crippen LogP) is 8.88. The fraction of sp³-hybridized carbons (Fsp3) is 0.302. The molecule has 1 N–H and O–H groups in total. The maximum atomic E-state index is 17.0. The summed E-state index contributed by atoms with van der Waals surface area (Å²) in [5, 5.41) is 31.6. The largest absolute Gasteiger partial charge is 0.395 e. The highest BCUT2D eigenvalue weighted by Gasteiger charge is 2.66. The number of halogens is 1. The zero-order chi connectivity index (χ0) is 47.2. The van der Waals surface area contributed by atoms with Crippen LogP contribution in [0.2, 0.25) is 18.6 Å². The Morgan fingerprint density at radius 3 is 1.97 bits per heavy atom. The lowest BCUT2D eigenvalue weighted by atomic mass is 9.82. The van der Waals surface area contributed by atoms with Crippen LogP contribution in [0, 0.1) is 5.92 Å². The Bertz CT molecular complexity index is 2930. The molecule has 10 rings (SSSR count). The molecule has 0 bridgehead atoms. The zero-order valence-electron chi connectivity index (χ0n) is 38.3. The number of nitrogens with zero attached hydrogens (tertiary/aromatic N) is 8. The number of carbonyl (C=O) groups is 3. The smallest absolute Gasteiger partial charge is 0.264 e. The summed E-state index contributed by atoms with van der Waals surface area (Å²) < 4.78 is 25.9. The molecule has 1 aromatic heterocycles. The molecule has 1 spiro atoms. The number of amides is 3. The molecule has 15 heteroatoms. The van der Waals surface area contributed by atoms with Crippen molar-refractivity contribution in [3.8, 4) is 0 Å². The highest BCUT2D eigenvalue weighted by Crippen LogP contribution is 2.61. The van der Waals surface area contributed by atoms with E-state index in [1.807, 2.05) is 134 Å². The number of benzene rings is 5. The molecule has 4 aliphatic heterocycles. The van der Waals surface area contributed by atoms with Crippen LogP contribution in [0.15, 0.2) is 150 Å². The molecule has 4 aliphatic rings. The zero-order valence-corrected chi connectivity index (χ0v) is 39.3. The van der Waals surface area contributed by atoms with Crippen LogP contribution in [0.3, 0.4) is 0 Å². The fourth-order valence-corrected chi connectivity index (χ4v) is 13.2. The van der Waals surface area contributed by atoms with E-state index in [9.17, 15) is 14.7 Å². The number of ether oxygens (including phenoxy) is 1. The van der Waals surface area contributed by atoms with E-state index in [-0.39, 0.29) is 43.2 Å². The van der Waals surface area contributed by atoms with E-state index < -0.39 is 31.6 Å². The van der Waals surface area contributed by atoms with E-state index in [1.165, 1.54) is 10.0 Å². The van der Waals surface area contributed by atoms with Gasteiger partial charge in [-0.15, -0.1) is 5.10 Å². The molecule has 1 fully saturated rings. The molecule has 5 aromatic carbocycles. The molecule has 0 saturated carbocycles. The number of fused-ring (bicyclic) bond motifs is 2. The number of carbonyl (C=O) groups excluding carboxylic acids is 3. The van der Waals surface area contributed by atoms with Crippen molar-refractivity contribution in [3.63, 3.8) is 0 Å². The van der Waals surface area contributed by atoms with Gasteiger partial charge in [-0.3, -0.25) is 19.1 Å². The minimum Gasteiger partial charge on any atom is -0.395 e. The lowest BCUT2D eigenvalue weighted by Crippen LogP contribution is -2.45. The van der Waals surface area contributed by atoms with Gasteiger partial charge in [0, 0.05) is 55.4 Å². The summed E-state index contributed by atoms with van der Waals surface area (Å²) in [4.78, 5) is 44.4. The standard InChI is InChI=1S/C53H53FN8O5Si/c1-35-51(68(2,3)54)48(28-29-59-33-46(55-58-59)42(34-63)37-15-7-4-8-16-37)67-53(35)43-31-41(62-50(65)27-24-45(57-62)39-19-11-6-12-20-39)22-25-47(43)60(52(53)66)32-36-14-13-21-40(30-36)61-49(64)26-23-44(56-61)38-17-9-5-10-18-38/h4-22,25,30-31,33,35,42,48,51,63H,23-24,26-29,32,34H2,1-3H3/t35-,42?,48+,51-,53+/m1/s1. The molecule has 1 saturated heterocycles. The number of anilines is 3. The van der Waals surface area contributed by atoms with Crippen molar-refractivity contribution < 1.29 is 28.3 Å². The molecular weight excluding hydrogens is 876 g/mol. The Balaban J connectivity index is 1.01. The quantitative estimate of drug-likeness (QED) is 0.0900. The summed E-state index contributed by atoms with van der Waals surface area (Å²) in [6, 6.07) is 42.1. The van der Waals surface area contributed by atoms with Gasteiger partial charge in [-0.1, -0.05) is 115 Å². The van der Waals surface area contributed by atoms with Crippen molar-refractivity contribution in [2.24, 2.45) is 16.1 Å². The number of hydrazone groups is 2. The first-order valence-corrected chi connectivity index (χ1v) is 26.3. The van der Waals surface area contributed by atoms with Gasteiger partial charge < -0.3 is 18.9 Å². The van der Waals surface area contributed by atoms with E-state index in [2.05, 4.69) is 10.3 Å². The third-order valence-electron chi connectivity index (χ3n) is 13.9. The topological polar surface area (TPSA) is 146 Å². The molecule has 3 amide bonds. The van der Waals surface area contributed by atoms with Crippen molar-refractivity contribution in [1.82, 2.24) is 15.0 Å². The maximum absolute atomic E-state index is 17.0. The third-order valence-corrected chi connectivity index (χ3v) is 16.4. The van der Waals surface area contributed by atoms with Gasteiger partial charge in [-0.25, -0.2) is 10.0 Å². The number of aliphatic hydroxyl groups excluding tert-OH is 1. The van der Waals surface area contributed by atoms with Crippen LogP contribution in [0.4, 0.5) is 21.2 Å². The number of rotatable bonds is 13. The van der Waals surface area contributed by atoms with Crippen molar-refractivity contribution in [2.45, 2.75) is 88.4 Å². The summed E-state index contributed by atoms with van der Waals surface area (Å²) in [5.74, 6) is -1.62. The van der Waals surface area contributed by atoms with Crippen molar-refractivity contribution >= 4 is 54.6 Å². The van der Waals surface area contributed by atoms with Crippen LogP contribution in [0.25, 0.3) is 0 Å². The number of aryl methyl sites for hydroxylation is 1. The Labute approximate surface area is 395 Å².